The summed E-state index contributed by atoms with van der Waals surface area (Å²) in [6.07, 6.45) is 0. The predicted molar refractivity (Wildman–Crippen MR) is 197 cm³/mol. The van der Waals surface area contributed by atoms with Crippen molar-refractivity contribution in [3.8, 4) is 11.5 Å². The van der Waals surface area contributed by atoms with Gasteiger partial charge in [0.2, 0.25) is 0 Å². The highest BCUT2D eigenvalue weighted by atomic mass is 32.1. The second-order valence-electron chi connectivity index (χ2n) is 12.4. The van der Waals surface area contributed by atoms with Gasteiger partial charge >= 0.3 is 0 Å². The zero-order valence-corrected chi connectivity index (χ0v) is 30.7. The maximum atomic E-state index is 12.4. The average molecular weight is 697 g/mol. The van der Waals surface area contributed by atoms with Crippen LogP contribution in [0.2, 0.25) is 0 Å². The third-order valence-electron chi connectivity index (χ3n) is 9.06. The number of allylic oxidation sites excluding steroid dienone is 8. The highest BCUT2D eigenvalue weighted by Crippen LogP contribution is 2.45. The Balaban J connectivity index is 0.000000191. The van der Waals surface area contributed by atoms with E-state index in [-0.39, 0.29) is 40.7 Å². The van der Waals surface area contributed by atoms with Crippen LogP contribution < -0.4 is 15.4 Å². The summed E-state index contributed by atoms with van der Waals surface area (Å²) < 4.78 is 7.31. The SMILES string of the molecule is CC(=O)C1=C(C)NC(C)=C(C(C)=O)C1c1csc2cc(O)ccc12.COc1ccc2c(C3C(C(C)=O)=C(C)NC(C)=C3C(C)=O)csc2c1. The molecule has 0 amide bonds. The lowest BCUT2D eigenvalue weighted by Crippen LogP contribution is -2.29. The van der Waals surface area contributed by atoms with Crippen LogP contribution in [0.3, 0.4) is 0 Å². The van der Waals surface area contributed by atoms with Gasteiger partial charge in [-0.1, -0.05) is 0 Å². The molecular weight excluding hydrogens is 657 g/mol. The van der Waals surface area contributed by atoms with Gasteiger partial charge in [-0.25, -0.2) is 0 Å². The number of aromatic hydroxyl groups is 1. The summed E-state index contributed by atoms with van der Waals surface area (Å²) in [5.74, 6) is 0.159. The van der Waals surface area contributed by atoms with E-state index in [1.165, 1.54) is 25.2 Å². The Hall–Kier alpha value is -4.80. The first-order valence-electron chi connectivity index (χ1n) is 15.8. The molecule has 0 bridgehead atoms. The Morgan fingerprint density at radius 2 is 0.980 bits per heavy atom. The quantitative estimate of drug-likeness (QED) is 0.176. The lowest BCUT2D eigenvalue weighted by molar-refractivity contribution is -0.116. The molecule has 0 saturated carbocycles. The van der Waals surface area contributed by atoms with Crippen molar-refractivity contribution < 1.29 is 29.0 Å². The van der Waals surface area contributed by atoms with Crippen LogP contribution in [0.5, 0.6) is 11.5 Å². The molecule has 49 heavy (non-hydrogen) atoms. The Kier molecular flexibility index (Phi) is 10.1. The van der Waals surface area contributed by atoms with Crippen LogP contribution in [0.4, 0.5) is 0 Å². The van der Waals surface area contributed by atoms with Crippen LogP contribution in [-0.4, -0.2) is 35.3 Å². The van der Waals surface area contributed by atoms with Gasteiger partial charge in [-0.3, -0.25) is 19.2 Å². The van der Waals surface area contributed by atoms with Gasteiger partial charge in [-0.2, -0.15) is 0 Å². The number of phenolic OH excluding ortho intramolecular Hbond substituents is 1. The molecule has 0 atom stereocenters. The smallest absolute Gasteiger partial charge is 0.158 e. The molecule has 4 aromatic rings. The van der Waals surface area contributed by atoms with Gasteiger partial charge < -0.3 is 20.5 Å². The van der Waals surface area contributed by atoms with Crippen molar-refractivity contribution in [2.45, 2.75) is 67.2 Å². The van der Waals surface area contributed by atoms with Crippen molar-refractivity contribution in [3.63, 3.8) is 0 Å². The summed E-state index contributed by atoms with van der Waals surface area (Å²) in [6, 6.07) is 11.1. The molecule has 3 N–H and O–H groups in total. The van der Waals surface area contributed by atoms with Crippen molar-refractivity contribution >= 4 is 66.0 Å². The number of nitrogens with one attached hydrogen (secondary N) is 2. The average Bonchev–Trinajstić information content (AvgIpc) is 3.63. The number of carbonyl (C=O) groups excluding carboxylic acids is 4. The number of rotatable bonds is 7. The molecule has 0 unspecified atom stereocenters. The molecule has 0 saturated heterocycles. The maximum Gasteiger partial charge on any atom is 0.158 e. The molecule has 8 nitrogen and oxygen atoms in total. The lowest BCUT2D eigenvalue weighted by Gasteiger charge is -2.30. The molecule has 0 radical (unpaired) electrons. The molecule has 254 valence electrons. The van der Waals surface area contributed by atoms with E-state index in [1.807, 2.05) is 62.7 Å². The van der Waals surface area contributed by atoms with E-state index in [0.29, 0.717) is 22.3 Å². The van der Waals surface area contributed by atoms with Gasteiger partial charge in [0.15, 0.2) is 23.1 Å². The Morgan fingerprint density at radius 3 is 1.35 bits per heavy atom. The number of hydrogen-bond acceptors (Lipinski definition) is 10. The largest absolute Gasteiger partial charge is 0.508 e. The van der Waals surface area contributed by atoms with Crippen molar-refractivity contribution in [1.82, 2.24) is 10.6 Å². The monoisotopic (exact) mass is 696 g/mol. The van der Waals surface area contributed by atoms with Crippen molar-refractivity contribution in [2.24, 2.45) is 0 Å². The Morgan fingerprint density at radius 1 is 0.612 bits per heavy atom. The maximum absolute atomic E-state index is 12.4. The van der Waals surface area contributed by atoms with E-state index in [0.717, 1.165) is 59.8 Å². The molecule has 2 aliphatic rings. The van der Waals surface area contributed by atoms with Crippen LogP contribution in [0.15, 0.2) is 92.2 Å². The second-order valence-corrected chi connectivity index (χ2v) is 14.2. The topological polar surface area (TPSA) is 122 Å². The first-order valence-corrected chi connectivity index (χ1v) is 17.6. The molecule has 0 fully saturated rings. The van der Waals surface area contributed by atoms with E-state index in [4.69, 9.17) is 4.74 Å². The summed E-state index contributed by atoms with van der Waals surface area (Å²) in [7, 11) is 1.64. The van der Waals surface area contributed by atoms with E-state index < -0.39 is 0 Å². The molecule has 2 aliphatic heterocycles. The van der Waals surface area contributed by atoms with E-state index in [1.54, 1.807) is 44.4 Å². The fourth-order valence-corrected chi connectivity index (χ4v) is 9.15. The van der Waals surface area contributed by atoms with E-state index in [9.17, 15) is 24.3 Å². The third-order valence-corrected chi connectivity index (χ3v) is 11.0. The number of hydrogen-bond donors (Lipinski definition) is 3. The fourth-order valence-electron chi connectivity index (χ4n) is 7.12. The number of fused-ring (bicyclic) bond motifs is 2. The van der Waals surface area contributed by atoms with E-state index >= 15 is 0 Å². The summed E-state index contributed by atoms with van der Waals surface area (Å²) in [6.45, 7) is 13.7. The lowest BCUT2D eigenvalue weighted by atomic mass is 9.77. The van der Waals surface area contributed by atoms with Gasteiger partial charge in [0.1, 0.15) is 11.5 Å². The van der Waals surface area contributed by atoms with Crippen LogP contribution >= 0.6 is 22.7 Å². The van der Waals surface area contributed by atoms with Crippen molar-refractivity contribution in [2.75, 3.05) is 7.11 Å². The van der Waals surface area contributed by atoms with Crippen molar-refractivity contribution in [3.05, 3.63) is 103 Å². The number of phenols is 1. The van der Waals surface area contributed by atoms with Crippen molar-refractivity contribution in [1.29, 1.82) is 0 Å². The highest BCUT2D eigenvalue weighted by Gasteiger charge is 2.36. The second kappa shape index (κ2) is 14.0. The zero-order chi connectivity index (χ0) is 35.9. The number of dihydropyridines is 2. The minimum atomic E-state index is -0.375. The standard InChI is InChI=1S/C20H21NO3S.C19H19NO3S/c1-10-18(12(3)22)20(19(13(4)23)11(2)21-10)16-9-25-17-8-14(24-5)6-7-15(16)17;1-9-17(11(3)21)19(18(12(4)22)10(2)20-9)15-8-24-16-7-13(23)5-6-14(15)16/h6-9,20-21H,1-5H3;5-8,19-20,23H,1-4H3. The van der Waals surface area contributed by atoms with Crippen LogP contribution in [0, 0.1) is 0 Å². The summed E-state index contributed by atoms with van der Waals surface area (Å²) in [5.41, 5.74) is 7.70. The molecular formula is C39H40N2O6S2. The number of ketones is 4. The first-order chi connectivity index (χ1) is 23.2. The summed E-state index contributed by atoms with van der Waals surface area (Å²) >= 11 is 3.10. The number of methoxy groups -OCH3 is 1. The number of carbonyl (C=O) groups is 4. The number of thiophene rings is 2. The predicted octanol–water partition coefficient (Wildman–Crippen LogP) is 8.34. The minimum absolute atomic E-state index is 0.0193. The molecule has 0 aliphatic carbocycles. The molecule has 6 rings (SSSR count). The van der Waals surface area contributed by atoms with Crippen LogP contribution in [-0.2, 0) is 19.2 Å². The Labute approximate surface area is 293 Å². The summed E-state index contributed by atoms with van der Waals surface area (Å²) in [5, 5.41) is 22.1. The molecule has 2 aromatic carbocycles. The molecule has 4 heterocycles. The summed E-state index contributed by atoms with van der Waals surface area (Å²) in [4.78, 5) is 49.4. The first kappa shape index (κ1) is 35.5. The number of Topliss-reactive ketones (excluding diaryl/α,β-unsaturated/α-hetero) is 4. The van der Waals surface area contributed by atoms with Gasteiger partial charge in [0.05, 0.1) is 7.11 Å². The fraction of sp³-hybridized carbons (Fsp3) is 0.282. The molecule has 2 aromatic heterocycles. The van der Waals surface area contributed by atoms with Gasteiger partial charge in [0, 0.05) is 66.3 Å². The van der Waals surface area contributed by atoms with Gasteiger partial charge in [-0.05, 0) is 124 Å². The van der Waals surface area contributed by atoms with Crippen LogP contribution in [0.1, 0.15) is 78.4 Å². The molecule has 10 heteroatoms. The van der Waals surface area contributed by atoms with E-state index in [2.05, 4.69) is 10.6 Å². The minimum Gasteiger partial charge on any atom is -0.508 e. The van der Waals surface area contributed by atoms with Gasteiger partial charge in [0.25, 0.3) is 0 Å². The molecule has 0 spiro atoms. The van der Waals surface area contributed by atoms with Gasteiger partial charge in [-0.15, -0.1) is 22.7 Å². The Bertz CT molecular complexity index is 2120. The number of benzene rings is 2. The number of ether oxygens (including phenoxy) is 1. The normalized spacial score (nSPS) is 15.7. The zero-order valence-electron chi connectivity index (χ0n) is 29.1. The third kappa shape index (κ3) is 6.63. The highest BCUT2D eigenvalue weighted by molar-refractivity contribution is 7.17. The van der Waals surface area contributed by atoms with Crippen LogP contribution in [0.25, 0.3) is 20.2 Å².